The predicted molar refractivity (Wildman–Crippen MR) is 98.8 cm³/mol. The highest BCUT2D eigenvalue weighted by Crippen LogP contribution is 2.12. The van der Waals surface area contributed by atoms with Gasteiger partial charge < -0.3 is 20.7 Å². The van der Waals surface area contributed by atoms with Crippen LogP contribution in [0.25, 0.3) is 0 Å². The molecule has 0 radical (unpaired) electrons. The van der Waals surface area contributed by atoms with Gasteiger partial charge in [-0.3, -0.25) is 9.79 Å². The van der Waals surface area contributed by atoms with Gasteiger partial charge in [0.1, 0.15) is 5.75 Å². The number of aliphatic imine (C=N–C) groups is 1. The van der Waals surface area contributed by atoms with Gasteiger partial charge in [0.05, 0.1) is 7.11 Å². The van der Waals surface area contributed by atoms with Gasteiger partial charge in [-0.15, -0.1) is 0 Å². The molecule has 134 valence electrons. The summed E-state index contributed by atoms with van der Waals surface area (Å²) in [7, 11) is 3.33. The minimum absolute atomic E-state index is 0.113. The number of ether oxygens (including phenoxy) is 1. The molecule has 0 aromatic heterocycles. The number of hydrogen-bond donors (Lipinski definition) is 3. The molecule has 0 fully saturated rings. The molecule has 0 unspecified atom stereocenters. The largest absolute Gasteiger partial charge is 0.497 e. The van der Waals surface area contributed by atoms with Crippen molar-refractivity contribution < 1.29 is 9.53 Å². The Hall–Kier alpha value is -2.24. The van der Waals surface area contributed by atoms with E-state index in [0.29, 0.717) is 24.4 Å². The number of rotatable bonds is 10. The van der Waals surface area contributed by atoms with E-state index in [1.54, 1.807) is 32.4 Å². The van der Waals surface area contributed by atoms with Crippen molar-refractivity contribution in [1.29, 1.82) is 0 Å². The molecule has 0 atom stereocenters. The molecular formula is C18H30N4O2. The van der Waals surface area contributed by atoms with Crippen LogP contribution in [-0.4, -0.2) is 45.7 Å². The normalized spacial score (nSPS) is 11.0. The van der Waals surface area contributed by atoms with E-state index >= 15 is 0 Å². The van der Waals surface area contributed by atoms with Gasteiger partial charge in [-0.1, -0.05) is 32.3 Å². The first-order valence-electron chi connectivity index (χ1n) is 8.58. The van der Waals surface area contributed by atoms with Gasteiger partial charge in [-0.05, 0) is 24.6 Å². The molecule has 0 saturated carbocycles. The van der Waals surface area contributed by atoms with Crippen molar-refractivity contribution >= 4 is 11.9 Å². The lowest BCUT2D eigenvalue weighted by Crippen LogP contribution is -2.41. The molecule has 0 aliphatic rings. The van der Waals surface area contributed by atoms with Gasteiger partial charge in [0.25, 0.3) is 5.91 Å². The fraction of sp³-hybridized carbons (Fsp3) is 0.556. The monoisotopic (exact) mass is 334 g/mol. The van der Waals surface area contributed by atoms with Crippen LogP contribution in [0.1, 0.15) is 43.0 Å². The maximum atomic E-state index is 12.1. The zero-order valence-electron chi connectivity index (χ0n) is 15.0. The first kappa shape index (κ1) is 19.8. The van der Waals surface area contributed by atoms with E-state index in [-0.39, 0.29) is 5.91 Å². The number of carbonyl (C=O) groups excluding carboxylic acids is 1. The average Bonchev–Trinajstić information content (AvgIpc) is 2.63. The number of unbranched alkanes of at least 4 members (excludes halogenated alkanes) is 3. The van der Waals surface area contributed by atoms with E-state index < -0.39 is 0 Å². The van der Waals surface area contributed by atoms with E-state index in [9.17, 15) is 4.79 Å². The summed E-state index contributed by atoms with van der Waals surface area (Å²) in [6.07, 6.45) is 4.88. The zero-order chi connectivity index (χ0) is 17.6. The number of guanidine groups is 1. The molecule has 1 amide bonds. The first-order chi connectivity index (χ1) is 11.7. The number of nitrogens with one attached hydrogen (secondary N) is 3. The summed E-state index contributed by atoms with van der Waals surface area (Å²) >= 11 is 0. The molecule has 0 saturated heterocycles. The van der Waals surface area contributed by atoms with Crippen LogP contribution >= 0.6 is 0 Å². The summed E-state index contributed by atoms with van der Waals surface area (Å²) in [4.78, 5) is 16.2. The summed E-state index contributed by atoms with van der Waals surface area (Å²) in [6.45, 7) is 4.25. The quantitative estimate of drug-likeness (QED) is 0.348. The van der Waals surface area contributed by atoms with Crippen molar-refractivity contribution in [3.8, 4) is 5.75 Å². The molecule has 3 N–H and O–H groups in total. The molecule has 6 nitrogen and oxygen atoms in total. The van der Waals surface area contributed by atoms with Crippen molar-refractivity contribution in [3.05, 3.63) is 29.8 Å². The molecule has 24 heavy (non-hydrogen) atoms. The van der Waals surface area contributed by atoms with E-state index in [1.807, 2.05) is 6.07 Å². The van der Waals surface area contributed by atoms with E-state index in [1.165, 1.54) is 19.3 Å². The maximum absolute atomic E-state index is 12.1. The smallest absolute Gasteiger partial charge is 0.251 e. The van der Waals surface area contributed by atoms with Crippen molar-refractivity contribution in [2.75, 3.05) is 33.8 Å². The third kappa shape index (κ3) is 7.85. The van der Waals surface area contributed by atoms with Crippen molar-refractivity contribution in [2.24, 2.45) is 4.99 Å². The Morgan fingerprint density at radius 2 is 1.83 bits per heavy atom. The van der Waals surface area contributed by atoms with Crippen LogP contribution in [0.5, 0.6) is 5.75 Å². The predicted octanol–water partition coefficient (Wildman–Crippen LogP) is 2.17. The molecular weight excluding hydrogens is 304 g/mol. The molecule has 1 aromatic rings. The van der Waals surface area contributed by atoms with Crippen LogP contribution in [0.15, 0.2) is 29.3 Å². The fourth-order valence-electron chi connectivity index (χ4n) is 2.20. The zero-order valence-corrected chi connectivity index (χ0v) is 15.0. The number of benzene rings is 1. The number of nitrogens with zero attached hydrogens (tertiary/aromatic N) is 1. The minimum Gasteiger partial charge on any atom is -0.497 e. The summed E-state index contributed by atoms with van der Waals surface area (Å²) in [5.41, 5.74) is 0.591. The highest BCUT2D eigenvalue weighted by atomic mass is 16.5. The van der Waals surface area contributed by atoms with Crippen LogP contribution in [0, 0.1) is 0 Å². The highest BCUT2D eigenvalue weighted by Gasteiger charge is 2.05. The number of methoxy groups -OCH3 is 1. The lowest BCUT2D eigenvalue weighted by Gasteiger charge is -2.12. The third-order valence-corrected chi connectivity index (χ3v) is 3.58. The van der Waals surface area contributed by atoms with Gasteiger partial charge in [-0.2, -0.15) is 0 Å². The Balaban J connectivity index is 2.22. The van der Waals surface area contributed by atoms with Gasteiger partial charge in [-0.25, -0.2) is 0 Å². The molecule has 0 heterocycles. The van der Waals surface area contributed by atoms with Crippen LogP contribution in [0.2, 0.25) is 0 Å². The SMILES string of the molecule is CCCCCCNC(=NC)NCCNC(=O)c1cccc(OC)c1. The lowest BCUT2D eigenvalue weighted by atomic mass is 10.2. The van der Waals surface area contributed by atoms with Crippen LogP contribution in [-0.2, 0) is 0 Å². The van der Waals surface area contributed by atoms with Crippen molar-refractivity contribution in [1.82, 2.24) is 16.0 Å². The second kappa shape index (κ2) is 12.2. The molecule has 0 spiro atoms. The minimum atomic E-state index is -0.113. The van der Waals surface area contributed by atoms with Gasteiger partial charge in [0.2, 0.25) is 0 Å². The molecule has 1 rings (SSSR count). The van der Waals surface area contributed by atoms with E-state index in [4.69, 9.17) is 4.74 Å². The van der Waals surface area contributed by atoms with Crippen LogP contribution in [0.4, 0.5) is 0 Å². The van der Waals surface area contributed by atoms with Gasteiger partial charge >= 0.3 is 0 Å². The highest BCUT2D eigenvalue weighted by molar-refractivity contribution is 5.94. The summed E-state index contributed by atoms with van der Waals surface area (Å²) in [5, 5.41) is 9.34. The third-order valence-electron chi connectivity index (χ3n) is 3.58. The average molecular weight is 334 g/mol. The number of carbonyl (C=O) groups is 1. The number of amides is 1. The topological polar surface area (TPSA) is 74.8 Å². The van der Waals surface area contributed by atoms with Crippen molar-refractivity contribution in [3.63, 3.8) is 0 Å². The Morgan fingerprint density at radius 3 is 2.54 bits per heavy atom. The number of hydrogen-bond acceptors (Lipinski definition) is 3. The van der Waals surface area contributed by atoms with Gasteiger partial charge in [0, 0.05) is 32.2 Å². The second-order valence-corrected chi connectivity index (χ2v) is 5.47. The summed E-state index contributed by atoms with van der Waals surface area (Å²) < 4.78 is 5.12. The second-order valence-electron chi connectivity index (χ2n) is 5.47. The van der Waals surface area contributed by atoms with Gasteiger partial charge in [0.15, 0.2) is 5.96 Å². The Kier molecular flexibility index (Phi) is 10.1. The Bertz CT molecular complexity index is 517. The van der Waals surface area contributed by atoms with E-state index in [0.717, 1.165) is 18.9 Å². The summed E-state index contributed by atoms with van der Waals surface area (Å²) in [5.74, 6) is 1.33. The lowest BCUT2D eigenvalue weighted by molar-refractivity contribution is 0.0954. The van der Waals surface area contributed by atoms with Crippen LogP contribution < -0.4 is 20.7 Å². The first-order valence-corrected chi connectivity index (χ1v) is 8.58. The molecule has 0 aliphatic heterocycles. The molecule has 6 heteroatoms. The van der Waals surface area contributed by atoms with Crippen LogP contribution in [0.3, 0.4) is 0 Å². The Morgan fingerprint density at radius 1 is 1.08 bits per heavy atom. The maximum Gasteiger partial charge on any atom is 0.251 e. The molecule has 0 aliphatic carbocycles. The molecule has 1 aromatic carbocycles. The molecule has 0 bridgehead atoms. The summed E-state index contributed by atoms with van der Waals surface area (Å²) in [6, 6.07) is 7.10. The fourth-order valence-corrected chi connectivity index (χ4v) is 2.20. The van der Waals surface area contributed by atoms with E-state index in [2.05, 4.69) is 27.9 Å². The Labute approximate surface area is 145 Å². The van der Waals surface area contributed by atoms with Crippen molar-refractivity contribution in [2.45, 2.75) is 32.6 Å². The standard InChI is InChI=1S/C18H30N4O2/c1-4-5-6-7-11-21-18(19-2)22-13-12-20-17(23)15-9-8-10-16(14-15)24-3/h8-10,14H,4-7,11-13H2,1-3H3,(H,20,23)(H2,19,21,22).